The third-order valence-corrected chi connectivity index (χ3v) is 7.58. The van der Waals surface area contributed by atoms with E-state index in [0.29, 0.717) is 16.3 Å². The molecule has 3 aromatic rings. The molecule has 0 bridgehead atoms. The summed E-state index contributed by atoms with van der Waals surface area (Å²) in [5.41, 5.74) is 2.29. The van der Waals surface area contributed by atoms with Crippen molar-refractivity contribution in [3.05, 3.63) is 101 Å². The Bertz CT molecular complexity index is 1390. The molecule has 1 unspecified atom stereocenters. The van der Waals surface area contributed by atoms with Gasteiger partial charge < -0.3 is 10.2 Å². The standard InChI is InChI=1S/C30H36ClN3O4S/c1-22-15-17-25(18-16-22)34(39(5,37)38)21-28(35)33(20-24-13-9-10-14-26(24)31)27(29(36)32-30(2,3)4)19-23-11-7-6-8-12-23/h6-18,27H,19-21H2,1-5H3,(H,32,36). The third-order valence-electron chi connectivity index (χ3n) is 6.07. The van der Waals surface area contributed by atoms with Gasteiger partial charge in [-0.25, -0.2) is 8.42 Å². The van der Waals surface area contributed by atoms with Crippen LogP contribution in [0.25, 0.3) is 0 Å². The number of carbonyl (C=O) groups excluding carboxylic acids is 2. The monoisotopic (exact) mass is 569 g/mol. The molecule has 9 heteroatoms. The number of aryl methyl sites for hydroxylation is 1. The maximum Gasteiger partial charge on any atom is 0.244 e. The average Bonchev–Trinajstić information content (AvgIpc) is 2.85. The molecule has 0 aliphatic carbocycles. The van der Waals surface area contributed by atoms with E-state index in [0.717, 1.165) is 21.7 Å². The second kappa shape index (κ2) is 12.7. The van der Waals surface area contributed by atoms with Gasteiger partial charge in [-0.05, 0) is 57.0 Å². The van der Waals surface area contributed by atoms with Crippen molar-refractivity contribution in [3.8, 4) is 0 Å². The Morgan fingerprint density at radius 1 is 0.923 bits per heavy atom. The smallest absolute Gasteiger partial charge is 0.244 e. The largest absolute Gasteiger partial charge is 0.350 e. The van der Waals surface area contributed by atoms with Crippen molar-refractivity contribution >= 4 is 39.1 Å². The molecule has 0 saturated carbocycles. The van der Waals surface area contributed by atoms with Crippen LogP contribution < -0.4 is 9.62 Å². The molecule has 3 aromatic carbocycles. The van der Waals surface area contributed by atoms with Crippen LogP contribution in [-0.2, 0) is 32.6 Å². The van der Waals surface area contributed by atoms with E-state index in [2.05, 4.69) is 5.32 Å². The third kappa shape index (κ3) is 8.83. The van der Waals surface area contributed by atoms with E-state index in [9.17, 15) is 18.0 Å². The molecule has 0 aliphatic rings. The highest BCUT2D eigenvalue weighted by atomic mass is 35.5. The SMILES string of the molecule is Cc1ccc(N(CC(=O)N(Cc2ccccc2Cl)C(Cc2ccccc2)C(=O)NC(C)(C)C)S(C)(=O)=O)cc1. The van der Waals surface area contributed by atoms with Crippen LogP contribution in [0, 0.1) is 6.92 Å². The first kappa shape index (κ1) is 30.2. The number of nitrogens with one attached hydrogen (secondary N) is 1. The van der Waals surface area contributed by atoms with E-state index in [-0.39, 0.29) is 18.9 Å². The highest BCUT2D eigenvalue weighted by Gasteiger charge is 2.34. The van der Waals surface area contributed by atoms with E-state index >= 15 is 0 Å². The predicted molar refractivity (Wildman–Crippen MR) is 157 cm³/mol. The first-order valence-electron chi connectivity index (χ1n) is 12.7. The van der Waals surface area contributed by atoms with Gasteiger partial charge in [-0.3, -0.25) is 13.9 Å². The molecule has 1 atom stereocenters. The van der Waals surface area contributed by atoms with E-state index < -0.39 is 34.1 Å². The van der Waals surface area contributed by atoms with Gasteiger partial charge >= 0.3 is 0 Å². The number of nitrogens with zero attached hydrogens (tertiary/aromatic N) is 2. The minimum atomic E-state index is -3.81. The van der Waals surface area contributed by atoms with Gasteiger partial charge in [0.25, 0.3) is 0 Å². The zero-order valence-electron chi connectivity index (χ0n) is 23.0. The summed E-state index contributed by atoms with van der Waals surface area (Å²) in [7, 11) is -3.81. The van der Waals surface area contributed by atoms with Crippen molar-refractivity contribution < 1.29 is 18.0 Å². The van der Waals surface area contributed by atoms with Crippen LogP contribution in [-0.4, -0.2) is 49.5 Å². The lowest BCUT2D eigenvalue weighted by molar-refractivity contribution is -0.140. The number of rotatable bonds is 10. The normalized spacial score (nSPS) is 12.5. The number of anilines is 1. The van der Waals surface area contributed by atoms with Crippen molar-refractivity contribution in [3.63, 3.8) is 0 Å². The quantitative estimate of drug-likeness (QED) is 0.373. The lowest BCUT2D eigenvalue weighted by atomic mass is 10.0. The number of hydrogen-bond acceptors (Lipinski definition) is 4. The van der Waals surface area contributed by atoms with Gasteiger partial charge in [-0.1, -0.05) is 77.8 Å². The van der Waals surface area contributed by atoms with Gasteiger partial charge in [0.15, 0.2) is 0 Å². The number of amides is 2. The summed E-state index contributed by atoms with van der Waals surface area (Å²) in [6.07, 6.45) is 1.30. The van der Waals surface area contributed by atoms with Gasteiger partial charge in [0.05, 0.1) is 11.9 Å². The maximum atomic E-state index is 14.1. The van der Waals surface area contributed by atoms with E-state index in [1.54, 1.807) is 48.5 Å². The number of benzene rings is 3. The molecular weight excluding hydrogens is 534 g/mol. The summed E-state index contributed by atoms with van der Waals surface area (Å²) >= 11 is 6.47. The molecule has 39 heavy (non-hydrogen) atoms. The zero-order chi connectivity index (χ0) is 28.8. The van der Waals surface area contributed by atoms with Crippen LogP contribution in [0.2, 0.25) is 5.02 Å². The number of hydrogen-bond donors (Lipinski definition) is 1. The van der Waals surface area contributed by atoms with Gasteiger partial charge in [0.2, 0.25) is 21.8 Å². The van der Waals surface area contributed by atoms with Crippen molar-refractivity contribution in [1.82, 2.24) is 10.2 Å². The molecular formula is C30H36ClN3O4S. The Morgan fingerprint density at radius 3 is 2.08 bits per heavy atom. The van der Waals surface area contributed by atoms with Gasteiger partial charge in [0.1, 0.15) is 12.6 Å². The molecule has 7 nitrogen and oxygen atoms in total. The molecule has 0 saturated heterocycles. The lowest BCUT2D eigenvalue weighted by Gasteiger charge is -2.35. The fraction of sp³-hybridized carbons (Fsp3) is 0.333. The van der Waals surface area contributed by atoms with Crippen LogP contribution in [0.15, 0.2) is 78.9 Å². The van der Waals surface area contributed by atoms with Gasteiger partial charge in [0, 0.05) is 23.5 Å². The Labute approximate surface area is 236 Å². The summed E-state index contributed by atoms with van der Waals surface area (Å²) < 4.78 is 26.7. The number of sulfonamides is 1. The highest BCUT2D eigenvalue weighted by molar-refractivity contribution is 7.92. The molecule has 2 amide bonds. The lowest BCUT2D eigenvalue weighted by Crippen LogP contribution is -2.56. The second-order valence-electron chi connectivity index (χ2n) is 10.7. The van der Waals surface area contributed by atoms with Crippen LogP contribution >= 0.6 is 11.6 Å². The first-order valence-corrected chi connectivity index (χ1v) is 14.9. The van der Waals surface area contributed by atoms with E-state index in [4.69, 9.17) is 11.6 Å². The number of carbonyl (C=O) groups is 2. The molecule has 1 N–H and O–H groups in total. The molecule has 0 heterocycles. The zero-order valence-corrected chi connectivity index (χ0v) is 24.6. The topological polar surface area (TPSA) is 86.8 Å². The summed E-state index contributed by atoms with van der Waals surface area (Å²) in [4.78, 5) is 29.2. The van der Waals surface area contributed by atoms with E-state index in [1.807, 2.05) is 58.0 Å². The van der Waals surface area contributed by atoms with Crippen molar-refractivity contribution in [2.75, 3.05) is 17.1 Å². The summed E-state index contributed by atoms with van der Waals surface area (Å²) in [5, 5.41) is 3.45. The Kier molecular flexibility index (Phi) is 9.80. The van der Waals surface area contributed by atoms with Gasteiger partial charge in [-0.15, -0.1) is 0 Å². The van der Waals surface area contributed by atoms with Crippen molar-refractivity contribution in [2.45, 2.75) is 52.2 Å². The molecule has 208 valence electrons. The predicted octanol–water partition coefficient (Wildman–Crippen LogP) is 4.97. The molecule has 0 fully saturated rings. The molecule has 0 spiro atoms. The maximum absolute atomic E-state index is 14.1. The second-order valence-corrected chi connectivity index (χ2v) is 13.0. The summed E-state index contributed by atoms with van der Waals surface area (Å²) in [6, 6.07) is 22.5. The highest BCUT2D eigenvalue weighted by Crippen LogP contribution is 2.23. The Morgan fingerprint density at radius 2 is 1.51 bits per heavy atom. The first-order chi connectivity index (χ1) is 18.2. The minimum absolute atomic E-state index is 0.0269. The van der Waals surface area contributed by atoms with Gasteiger partial charge in [-0.2, -0.15) is 0 Å². The average molecular weight is 570 g/mol. The molecule has 0 aliphatic heterocycles. The van der Waals surface area contributed by atoms with Crippen LogP contribution in [0.5, 0.6) is 0 Å². The fourth-order valence-corrected chi connectivity index (χ4v) is 5.19. The van der Waals surface area contributed by atoms with Crippen LogP contribution in [0.4, 0.5) is 5.69 Å². The summed E-state index contributed by atoms with van der Waals surface area (Å²) in [6.45, 7) is 7.06. The minimum Gasteiger partial charge on any atom is -0.350 e. The Hall–Kier alpha value is -3.36. The van der Waals surface area contributed by atoms with Crippen molar-refractivity contribution in [2.24, 2.45) is 0 Å². The van der Waals surface area contributed by atoms with Crippen LogP contribution in [0.3, 0.4) is 0 Å². The fourth-order valence-electron chi connectivity index (χ4n) is 4.14. The summed E-state index contributed by atoms with van der Waals surface area (Å²) in [5.74, 6) is -0.862. The van der Waals surface area contributed by atoms with Crippen molar-refractivity contribution in [1.29, 1.82) is 0 Å². The Balaban J connectivity index is 2.08. The number of halogens is 1. The molecule has 0 radical (unpaired) electrons. The molecule has 3 rings (SSSR count). The molecule has 0 aromatic heterocycles. The van der Waals surface area contributed by atoms with E-state index in [1.165, 1.54) is 4.90 Å². The van der Waals surface area contributed by atoms with Crippen LogP contribution in [0.1, 0.15) is 37.5 Å².